The maximum Gasteiger partial charge on any atom is 0.337 e. The van der Waals surface area contributed by atoms with Crippen molar-refractivity contribution in [3.05, 3.63) is 65.0 Å². The van der Waals surface area contributed by atoms with Crippen molar-refractivity contribution < 1.29 is 19.1 Å². The molecule has 136 valence electrons. The van der Waals surface area contributed by atoms with Gasteiger partial charge in [-0.3, -0.25) is 4.79 Å². The van der Waals surface area contributed by atoms with Crippen LogP contribution in [0.4, 0.5) is 0 Å². The summed E-state index contributed by atoms with van der Waals surface area (Å²) in [6.45, 7) is 5.55. The molecule has 3 rings (SSSR count). The van der Waals surface area contributed by atoms with Gasteiger partial charge in [-0.15, -0.1) is 0 Å². The Kier molecular flexibility index (Phi) is 5.26. The molecule has 0 fully saturated rings. The maximum absolute atomic E-state index is 12.8. The second kappa shape index (κ2) is 7.60. The van der Waals surface area contributed by atoms with E-state index in [4.69, 9.17) is 9.47 Å². The van der Waals surface area contributed by atoms with Crippen LogP contribution in [0.25, 0.3) is 0 Å². The number of methoxy groups -OCH3 is 1. The Labute approximate surface area is 153 Å². The summed E-state index contributed by atoms with van der Waals surface area (Å²) >= 11 is 0. The Balaban J connectivity index is 2.17. The highest BCUT2D eigenvalue weighted by Gasteiger charge is 2.40. The van der Waals surface area contributed by atoms with Crippen LogP contribution < -0.4 is 10.1 Å². The first-order chi connectivity index (χ1) is 12.6. The molecule has 5 heteroatoms. The molecule has 1 aromatic rings. The molecule has 0 spiro atoms. The number of Topliss-reactive ketones (excluding diaryl/α,β-unsaturated/α-hetero) is 1. The minimum atomic E-state index is -0.493. The van der Waals surface area contributed by atoms with Gasteiger partial charge in [-0.25, -0.2) is 4.79 Å². The number of benzene rings is 1. The second-order valence-corrected chi connectivity index (χ2v) is 6.39. The van der Waals surface area contributed by atoms with Crippen LogP contribution in [0, 0.1) is 0 Å². The summed E-state index contributed by atoms with van der Waals surface area (Å²) in [7, 11) is 1.59. The summed E-state index contributed by atoms with van der Waals surface area (Å²) in [6.07, 6.45) is 3.62. The fourth-order valence-corrected chi connectivity index (χ4v) is 3.68. The van der Waals surface area contributed by atoms with Gasteiger partial charge in [0.2, 0.25) is 0 Å². The zero-order valence-electron chi connectivity index (χ0n) is 15.1. The lowest BCUT2D eigenvalue weighted by Gasteiger charge is -2.34. The second-order valence-electron chi connectivity index (χ2n) is 6.39. The number of dihydropyridines is 1. The van der Waals surface area contributed by atoms with Crippen molar-refractivity contribution in [3.63, 3.8) is 0 Å². The first kappa shape index (κ1) is 18.0. The first-order valence-corrected chi connectivity index (χ1v) is 8.73. The number of hydrogen-bond acceptors (Lipinski definition) is 5. The van der Waals surface area contributed by atoms with Crippen LogP contribution in [0.1, 0.15) is 37.7 Å². The fourth-order valence-electron chi connectivity index (χ4n) is 3.68. The van der Waals surface area contributed by atoms with Gasteiger partial charge in [0.05, 0.1) is 18.6 Å². The first-order valence-electron chi connectivity index (χ1n) is 8.73. The van der Waals surface area contributed by atoms with E-state index in [2.05, 4.69) is 11.9 Å². The SMILES string of the molecule is C=CCOC(=O)C1=C(C)NC2=C(C(=O)CCC2)C1c1ccccc1OC. The fraction of sp³-hybridized carbons (Fsp3) is 0.333. The molecule has 0 saturated carbocycles. The standard InChI is InChI=1S/C21H23NO4/c1-4-12-26-21(24)18-13(2)22-15-9-7-10-16(23)20(15)19(18)14-8-5-6-11-17(14)25-3/h4-6,8,11,19,22H,1,7,9-10,12H2,2-3H3. The van der Waals surface area contributed by atoms with Crippen LogP contribution in [0.2, 0.25) is 0 Å². The van der Waals surface area contributed by atoms with E-state index < -0.39 is 11.9 Å². The molecular weight excluding hydrogens is 330 g/mol. The summed E-state index contributed by atoms with van der Waals surface area (Å²) in [5.74, 6) is -0.231. The van der Waals surface area contributed by atoms with Crippen LogP contribution in [-0.4, -0.2) is 25.5 Å². The number of hydrogen-bond donors (Lipinski definition) is 1. The van der Waals surface area contributed by atoms with Gasteiger partial charge in [0.25, 0.3) is 0 Å². The Bertz CT molecular complexity index is 819. The van der Waals surface area contributed by atoms with Crippen LogP contribution in [0.5, 0.6) is 5.75 Å². The summed E-state index contributed by atoms with van der Waals surface area (Å²) in [5.41, 5.74) is 3.50. The smallest absolute Gasteiger partial charge is 0.337 e. The van der Waals surface area contributed by atoms with Crippen molar-refractivity contribution >= 4 is 11.8 Å². The van der Waals surface area contributed by atoms with Gasteiger partial charge in [0, 0.05) is 29.0 Å². The minimum absolute atomic E-state index is 0.0659. The van der Waals surface area contributed by atoms with Gasteiger partial charge in [-0.2, -0.15) is 0 Å². The van der Waals surface area contributed by atoms with Gasteiger partial charge in [-0.05, 0) is 25.8 Å². The number of nitrogens with one attached hydrogen (secondary N) is 1. The van der Waals surface area contributed by atoms with E-state index in [9.17, 15) is 9.59 Å². The van der Waals surface area contributed by atoms with Crippen molar-refractivity contribution in [1.82, 2.24) is 5.32 Å². The molecule has 0 aromatic heterocycles. The lowest BCUT2D eigenvalue weighted by atomic mass is 9.75. The third kappa shape index (κ3) is 3.17. The number of ketones is 1. The average Bonchev–Trinajstić information content (AvgIpc) is 2.65. The van der Waals surface area contributed by atoms with E-state index in [-0.39, 0.29) is 12.4 Å². The Morgan fingerprint density at radius 1 is 1.35 bits per heavy atom. The molecule has 0 amide bonds. The van der Waals surface area contributed by atoms with E-state index in [1.807, 2.05) is 31.2 Å². The van der Waals surface area contributed by atoms with Crippen LogP contribution in [0.15, 0.2) is 59.5 Å². The molecule has 1 heterocycles. The van der Waals surface area contributed by atoms with Gasteiger partial charge < -0.3 is 14.8 Å². The van der Waals surface area contributed by atoms with Crippen molar-refractivity contribution in [2.45, 2.75) is 32.1 Å². The van der Waals surface area contributed by atoms with Crippen molar-refractivity contribution in [2.24, 2.45) is 0 Å². The number of esters is 1. The topological polar surface area (TPSA) is 64.6 Å². The number of carbonyl (C=O) groups excluding carboxylic acids is 2. The summed E-state index contributed by atoms with van der Waals surface area (Å²) in [6, 6.07) is 7.49. The van der Waals surface area contributed by atoms with Crippen LogP contribution in [-0.2, 0) is 14.3 Å². The van der Waals surface area contributed by atoms with E-state index in [1.165, 1.54) is 6.08 Å². The van der Waals surface area contributed by atoms with Gasteiger partial charge in [-0.1, -0.05) is 30.9 Å². The number of para-hydroxylation sites is 1. The van der Waals surface area contributed by atoms with Gasteiger partial charge in [0.1, 0.15) is 12.4 Å². The molecule has 1 aromatic carbocycles. The van der Waals surface area contributed by atoms with E-state index in [0.29, 0.717) is 29.0 Å². The predicted molar refractivity (Wildman–Crippen MR) is 98.6 cm³/mol. The summed E-state index contributed by atoms with van der Waals surface area (Å²) in [4.78, 5) is 25.6. The Hall–Kier alpha value is -2.82. The monoisotopic (exact) mass is 353 g/mol. The van der Waals surface area contributed by atoms with Crippen molar-refractivity contribution in [1.29, 1.82) is 0 Å². The molecule has 1 aliphatic carbocycles. The van der Waals surface area contributed by atoms with E-state index >= 15 is 0 Å². The van der Waals surface area contributed by atoms with Crippen LogP contribution >= 0.6 is 0 Å². The largest absolute Gasteiger partial charge is 0.496 e. The van der Waals surface area contributed by atoms with Crippen molar-refractivity contribution in [3.8, 4) is 5.75 Å². The molecule has 0 bridgehead atoms. The molecular formula is C21H23NO4. The Morgan fingerprint density at radius 3 is 2.85 bits per heavy atom. The molecule has 1 aliphatic heterocycles. The minimum Gasteiger partial charge on any atom is -0.496 e. The number of allylic oxidation sites excluding steroid dienone is 3. The van der Waals surface area contributed by atoms with E-state index in [1.54, 1.807) is 7.11 Å². The quantitative estimate of drug-likeness (QED) is 0.649. The third-order valence-electron chi connectivity index (χ3n) is 4.78. The number of rotatable bonds is 5. The molecule has 0 radical (unpaired) electrons. The molecule has 1 atom stereocenters. The normalized spacial score (nSPS) is 19.6. The maximum atomic E-state index is 12.8. The van der Waals surface area contributed by atoms with Gasteiger partial charge in [0.15, 0.2) is 5.78 Å². The third-order valence-corrected chi connectivity index (χ3v) is 4.78. The lowest BCUT2D eigenvalue weighted by molar-refractivity contribution is -0.138. The summed E-state index contributed by atoms with van der Waals surface area (Å²) in [5, 5.41) is 3.26. The van der Waals surface area contributed by atoms with Gasteiger partial charge >= 0.3 is 5.97 Å². The molecule has 26 heavy (non-hydrogen) atoms. The highest BCUT2D eigenvalue weighted by molar-refractivity contribution is 6.04. The highest BCUT2D eigenvalue weighted by Crippen LogP contribution is 2.45. The zero-order chi connectivity index (χ0) is 18.7. The Morgan fingerprint density at radius 2 is 2.12 bits per heavy atom. The zero-order valence-corrected chi connectivity index (χ0v) is 15.1. The molecule has 1 N–H and O–H groups in total. The van der Waals surface area contributed by atoms with E-state index in [0.717, 1.165) is 24.1 Å². The average molecular weight is 353 g/mol. The molecule has 2 aliphatic rings. The number of ether oxygens (including phenoxy) is 2. The molecule has 5 nitrogen and oxygen atoms in total. The highest BCUT2D eigenvalue weighted by atomic mass is 16.5. The van der Waals surface area contributed by atoms with Crippen LogP contribution in [0.3, 0.4) is 0 Å². The predicted octanol–water partition coefficient (Wildman–Crippen LogP) is 3.39. The van der Waals surface area contributed by atoms with Crippen molar-refractivity contribution in [2.75, 3.05) is 13.7 Å². The summed E-state index contributed by atoms with van der Waals surface area (Å²) < 4.78 is 10.8. The lowest BCUT2D eigenvalue weighted by Crippen LogP contribution is -2.34. The number of carbonyl (C=O) groups is 2. The molecule has 1 unspecified atom stereocenters. The molecule has 0 saturated heterocycles.